The van der Waals surface area contributed by atoms with Crippen molar-refractivity contribution in [1.82, 2.24) is 4.90 Å². The largest absolute Gasteiger partial charge is 0.395 e. The van der Waals surface area contributed by atoms with Gasteiger partial charge in [0.2, 0.25) is 0 Å². The molecule has 1 aliphatic rings. The molecule has 1 aliphatic carbocycles. The molecule has 1 aromatic carbocycles. The van der Waals surface area contributed by atoms with Crippen LogP contribution >= 0.6 is 0 Å². The number of nitrogens with zero attached hydrogens (tertiary/aromatic N) is 1. The van der Waals surface area contributed by atoms with E-state index < -0.39 is 12.1 Å². The molecule has 1 fully saturated rings. The van der Waals surface area contributed by atoms with Gasteiger partial charge in [0, 0.05) is 17.6 Å². The third kappa shape index (κ3) is 4.31. The van der Waals surface area contributed by atoms with E-state index in [4.69, 9.17) is 0 Å². The van der Waals surface area contributed by atoms with Crippen LogP contribution in [0.5, 0.6) is 0 Å². The average Bonchev–Trinajstić information content (AvgIpc) is 2.54. The minimum Gasteiger partial charge on any atom is -0.333 e. The van der Waals surface area contributed by atoms with Gasteiger partial charge in [0.1, 0.15) is 0 Å². The summed E-state index contributed by atoms with van der Waals surface area (Å²) in [6, 6.07) is 6.21. The first-order chi connectivity index (χ1) is 11.2. The highest BCUT2D eigenvalue weighted by atomic mass is 19.4. The number of hydrogen-bond donors (Lipinski definition) is 0. The van der Waals surface area contributed by atoms with Gasteiger partial charge in [0.15, 0.2) is 0 Å². The van der Waals surface area contributed by atoms with E-state index in [1.807, 2.05) is 18.7 Å². The first-order valence-corrected chi connectivity index (χ1v) is 8.71. The van der Waals surface area contributed by atoms with Crippen LogP contribution in [-0.2, 0) is 0 Å². The van der Waals surface area contributed by atoms with Crippen molar-refractivity contribution in [3.05, 3.63) is 35.4 Å². The third-order valence-corrected chi connectivity index (χ3v) is 4.91. The number of carbonyl (C=O) groups is 1. The lowest BCUT2D eigenvalue weighted by Crippen LogP contribution is -2.45. The molecule has 0 heterocycles. The van der Waals surface area contributed by atoms with Gasteiger partial charge in [-0.15, -0.1) is 0 Å². The predicted molar refractivity (Wildman–Crippen MR) is 89.1 cm³/mol. The second kappa shape index (κ2) is 7.58. The van der Waals surface area contributed by atoms with Crippen molar-refractivity contribution in [3.8, 4) is 0 Å². The van der Waals surface area contributed by atoms with Gasteiger partial charge in [-0.3, -0.25) is 4.79 Å². The van der Waals surface area contributed by atoms with Crippen LogP contribution in [0.2, 0.25) is 0 Å². The summed E-state index contributed by atoms with van der Waals surface area (Å²) in [6.07, 6.45) is 1.21. The van der Waals surface area contributed by atoms with Crippen molar-refractivity contribution >= 4 is 5.91 Å². The summed E-state index contributed by atoms with van der Waals surface area (Å²) in [5.74, 6) is -1.61. The zero-order valence-corrected chi connectivity index (χ0v) is 14.6. The summed E-state index contributed by atoms with van der Waals surface area (Å²) in [7, 11) is 0. The van der Waals surface area contributed by atoms with E-state index in [0.29, 0.717) is 5.56 Å². The van der Waals surface area contributed by atoms with E-state index in [2.05, 4.69) is 0 Å². The highest BCUT2D eigenvalue weighted by molar-refractivity contribution is 5.94. The number of amides is 1. The number of hydrogen-bond acceptors (Lipinski definition) is 1. The average molecular weight is 341 g/mol. The molecule has 2 rings (SSSR count). The summed E-state index contributed by atoms with van der Waals surface area (Å²) < 4.78 is 38.4. The van der Waals surface area contributed by atoms with Crippen molar-refractivity contribution in [2.75, 3.05) is 0 Å². The van der Waals surface area contributed by atoms with Crippen molar-refractivity contribution in [3.63, 3.8) is 0 Å². The zero-order chi connectivity index (χ0) is 17.9. The Hall–Kier alpha value is -1.52. The van der Waals surface area contributed by atoms with E-state index >= 15 is 0 Å². The summed E-state index contributed by atoms with van der Waals surface area (Å²) in [6.45, 7) is 5.12. The molecule has 1 saturated carbocycles. The monoisotopic (exact) mass is 341 g/mol. The van der Waals surface area contributed by atoms with Crippen molar-refractivity contribution in [2.45, 2.75) is 77.1 Å². The first-order valence-electron chi connectivity index (χ1n) is 8.71. The quantitative estimate of drug-likeness (QED) is 0.704. The Labute approximate surface area is 142 Å². The van der Waals surface area contributed by atoms with Gasteiger partial charge < -0.3 is 4.90 Å². The van der Waals surface area contributed by atoms with E-state index in [0.717, 1.165) is 32.6 Å². The smallest absolute Gasteiger partial charge is 0.333 e. The molecule has 5 heteroatoms. The second-order valence-corrected chi connectivity index (χ2v) is 6.98. The molecule has 0 saturated heterocycles. The molecule has 24 heavy (non-hydrogen) atoms. The van der Waals surface area contributed by atoms with Gasteiger partial charge in [-0.25, -0.2) is 0 Å². The van der Waals surface area contributed by atoms with Crippen molar-refractivity contribution < 1.29 is 18.0 Å². The Morgan fingerprint density at radius 2 is 1.58 bits per heavy atom. The van der Waals surface area contributed by atoms with Crippen LogP contribution in [0.3, 0.4) is 0 Å². The molecule has 1 unspecified atom stereocenters. The predicted octanol–water partition coefficient (Wildman–Crippen LogP) is 5.54. The Kier molecular flexibility index (Phi) is 5.94. The lowest BCUT2D eigenvalue weighted by molar-refractivity contribution is -0.146. The van der Waals surface area contributed by atoms with Crippen LogP contribution in [0.1, 0.15) is 74.7 Å². The lowest BCUT2D eigenvalue weighted by Gasteiger charge is -2.37. The van der Waals surface area contributed by atoms with Gasteiger partial charge in [0.05, 0.1) is 5.92 Å². The standard InChI is InChI=1S/C19H26F3NO/c1-13(2)23(17-7-5-4-6-8-17)18(24)16-11-9-15(10-12-16)14(3)19(20,21)22/h9-14,17H,4-8H2,1-3H3. The molecular formula is C19H26F3NO. The number of benzene rings is 1. The van der Waals surface area contributed by atoms with Crippen molar-refractivity contribution in [2.24, 2.45) is 0 Å². The molecule has 2 nitrogen and oxygen atoms in total. The Morgan fingerprint density at radius 3 is 2.04 bits per heavy atom. The zero-order valence-electron chi connectivity index (χ0n) is 14.6. The second-order valence-electron chi connectivity index (χ2n) is 6.98. The summed E-state index contributed by atoms with van der Waals surface area (Å²) in [5.41, 5.74) is 0.653. The SMILES string of the molecule is CC(C)N(C(=O)c1ccc(C(C)C(F)(F)F)cc1)C1CCCCC1. The number of carbonyl (C=O) groups excluding carboxylic acids is 1. The van der Waals surface area contributed by atoms with E-state index in [-0.39, 0.29) is 23.6 Å². The minimum absolute atomic E-state index is 0.0781. The fraction of sp³-hybridized carbons (Fsp3) is 0.632. The normalized spacial score (nSPS) is 17.8. The maximum absolute atomic E-state index is 12.9. The third-order valence-electron chi connectivity index (χ3n) is 4.91. The number of rotatable bonds is 4. The Bertz CT molecular complexity index is 545. The number of alkyl halides is 3. The van der Waals surface area contributed by atoms with Gasteiger partial charge in [0.25, 0.3) is 5.91 Å². The fourth-order valence-corrected chi connectivity index (χ4v) is 3.43. The van der Waals surface area contributed by atoms with Gasteiger partial charge in [-0.2, -0.15) is 13.2 Å². The molecular weight excluding hydrogens is 315 g/mol. The molecule has 1 amide bonds. The molecule has 0 spiro atoms. The molecule has 0 bridgehead atoms. The Morgan fingerprint density at radius 1 is 1.04 bits per heavy atom. The fourth-order valence-electron chi connectivity index (χ4n) is 3.43. The van der Waals surface area contributed by atoms with Gasteiger partial charge in [-0.1, -0.05) is 31.4 Å². The van der Waals surface area contributed by atoms with Crippen molar-refractivity contribution in [1.29, 1.82) is 0 Å². The summed E-state index contributed by atoms with van der Waals surface area (Å²) in [5, 5.41) is 0. The highest BCUT2D eigenvalue weighted by Crippen LogP contribution is 2.34. The number of halogens is 3. The van der Waals surface area contributed by atoms with Gasteiger partial charge in [-0.05, 0) is 51.3 Å². The minimum atomic E-state index is -4.27. The highest BCUT2D eigenvalue weighted by Gasteiger charge is 2.37. The molecule has 0 aliphatic heterocycles. The molecule has 1 atom stereocenters. The maximum atomic E-state index is 12.9. The molecule has 0 radical (unpaired) electrons. The van der Waals surface area contributed by atoms with Crippen LogP contribution in [0, 0.1) is 0 Å². The van der Waals surface area contributed by atoms with Crippen LogP contribution < -0.4 is 0 Å². The molecule has 0 N–H and O–H groups in total. The maximum Gasteiger partial charge on any atom is 0.395 e. The Balaban J connectivity index is 2.18. The summed E-state index contributed by atoms with van der Waals surface area (Å²) in [4.78, 5) is 14.8. The molecule has 134 valence electrons. The van der Waals surface area contributed by atoms with Crippen LogP contribution in [0.4, 0.5) is 13.2 Å². The van der Waals surface area contributed by atoms with E-state index in [1.165, 1.54) is 30.7 Å². The van der Waals surface area contributed by atoms with Crippen LogP contribution in [0.15, 0.2) is 24.3 Å². The van der Waals surface area contributed by atoms with Crippen LogP contribution in [0.25, 0.3) is 0 Å². The van der Waals surface area contributed by atoms with E-state index in [1.54, 1.807) is 0 Å². The summed E-state index contributed by atoms with van der Waals surface area (Å²) >= 11 is 0. The molecule has 0 aromatic heterocycles. The molecule has 1 aromatic rings. The van der Waals surface area contributed by atoms with Gasteiger partial charge >= 0.3 is 6.18 Å². The first kappa shape index (κ1) is 18.8. The van der Waals surface area contributed by atoms with Crippen LogP contribution in [-0.4, -0.2) is 29.1 Å². The lowest BCUT2D eigenvalue weighted by atomic mass is 9.92. The van der Waals surface area contributed by atoms with E-state index in [9.17, 15) is 18.0 Å². The topological polar surface area (TPSA) is 20.3 Å².